The Morgan fingerprint density at radius 1 is 1.38 bits per heavy atom. The van der Waals surface area contributed by atoms with Gasteiger partial charge in [-0.2, -0.15) is 0 Å². The predicted molar refractivity (Wildman–Crippen MR) is 55.8 cm³/mol. The monoisotopic (exact) mass is 241 g/mol. The standard InChI is InChI=1S/C9H8FN3O2S/c10-7-2-1-3-8(6-7)16(14,15)13-9-11-4-5-12-9/h1-6H,(H2,11,12,13). The second-order valence-corrected chi connectivity index (χ2v) is 4.68. The van der Waals surface area contributed by atoms with Gasteiger partial charge in [0.2, 0.25) is 5.95 Å². The smallest absolute Gasteiger partial charge is 0.264 e. The van der Waals surface area contributed by atoms with Gasteiger partial charge in [-0.15, -0.1) is 0 Å². The molecule has 1 aromatic heterocycles. The van der Waals surface area contributed by atoms with E-state index in [9.17, 15) is 12.8 Å². The predicted octanol–water partition coefficient (Wildman–Crippen LogP) is 1.35. The Hall–Kier alpha value is -1.89. The van der Waals surface area contributed by atoms with Crippen LogP contribution in [0.15, 0.2) is 41.6 Å². The van der Waals surface area contributed by atoms with E-state index in [1.165, 1.54) is 30.6 Å². The molecule has 0 aliphatic heterocycles. The molecule has 0 spiro atoms. The average Bonchev–Trinajstić information content (AvgIpc) is 2.70. The largest absolute Gasteiger partial charge is 0.330 e. The van der Waals surface area contributed by atoms with Gasteiger partial charge in [0.1, 0.15) is 5.82 Å². The van der Waals surface area contributed by atoms with Crippen LogP contribution in [0, 0.1) is 5.82 Å². The third-order valence-corrected chi connectivity index (χ3v) is 3.17. The van der Waals surface area contributed by atoms with Crippen molar-refractivity contribution in [1.29, 1.82) is 0 Å². The summed E-state index contributed by atoms with van der Waals surface area (Å²) in [6.07, 6.45) is 2.88. The maximum Gasteiger partial charge on any atom is 0.264 e. The number of benzene rings is 1. The number of halogens is 1. The van der Waals surface area contributed by atoms with Crippen LogP contribution in [-0.4, -0.2) is 18.4 Å². The number of rotatable bonds is 3. The molecular formula is C9H8FN3O2S. The first kappa shape index (κ1) is 10.6. The van der Waals surface area contributed by atoms with Crippen molar-refractivity contribution in [2.24, 2.45) is 0 Å². The number of nitrogens with zero attached hydrogens (tertiary/aromatic N) is 1. The number of sulfonamides is 1. The lowest BCUT2D eigenvalue weighted by Crippen LogP contribution is -2.14. The van der Waals surface area contributed by atoms with Gasteiger partial charge in [0, 0.05) is 12.4 Å². The number of aromatic amines is 1. The van der Waals surface area contributed by atoms with E-state index in [-0.39, 0.29) is 10.8 Å². The quantitative estimate of drug-likeness (QED) is 0.851. The molecular weight excluding hydrogens is 233 g/mol. The zero-order chi connectivity index (χ0) is 11.6. The summed E-state index contributed by atoms with van der Waals surface area (Å²) in [7, 11) is -3.79. The molecule has 84 valence electrons. The van der Waals surface area contributed by atoms with Crippen LogP contribution >= 0.6 is 0 Å². The number of hydrogen-bond donors (Lipinski definition) is 2. The van der Waals surface area contributed by atoms with Gasteiger partial charge in [0.25, 0.3) is 10.0 Å². The minimum atomic E-state index is -3.79. The first-order valence-electron chi connectivity index (χ1n) is 4.36. The van der Waals surface area contributed by atoms with Crippen molar-refractivity contribution in [3.63, 3.8) is 0 Å². The van der Waals surface area contributed by atoms with E-state index in [0.29, 0.717) is 0 Å². The molecule has 0 aliphatic carbocycles. The molecule has 2 rings (SSSR count). The van der Waals surface area contributed by atoms with Gasteiger partial charge < -0.3 is 4.98 Å². The van der Waals surface area contributed by atoms with Crippen LogP contribution in [0.2, 0.25) is 0 Å². The molecule has 0 saturated heterocycles. The fourth-order valence-corrected chi connectivity index (χ4v) is 2.15. The summed E-state index contributed by atoms with van der Waals surface area (Å²) in [5.41, 5.74) is 0. The van der Waals surface area contributed by atoms with E-state index in [2.05, 4.69) is 14.7 Å². The zero-order valence-electron chi connectivity index (χ0n) is 8.01. The van der Waals surface area contributed by atoms with E-state index >= 15 is 0 Å². The molecule has 2 aromatic rings. The number of hydrogen-bond acceptors (Lipinski definition) is 3. The fourth-order valence-electron chi connectivity index (χ4n) is 1.14. The minimum Gasteiger partial charge on any atom is -0.330 e. The number of imidazole rings is 1. The summed E-state index contributed by atoms with van der Waals surface area (Å²) in [5, 5.41) is 0. The fraction of sp³-hybridized carbons (Fsp3) is 0. The van der Waals surface area contributed by atoms with Crippen LogP contribution in [0.1, 0.15) is 0 Å². The van der Waals surface area contributed by atoms with Gasteiger partial charge in [-0.25, -0.2) is 22.5 Å². The molecule has 0 amide bonds. The Kier molecular flexibility index (Phi) is 2.61. The third-order valence-electron chi connectivity index (χ3n) is 1.84. The molecule has 1 heterocycles. The lowest BCUT2D eigenvalue weighted by atomic mass is 10.4. The van der Waals surface area contributed by atoms with Crippen LogP contribution < -0.4 is 4.72 Å². The number of nitrogens with one attached hydrogen (secondary N) is 2. The third kappa shape index (κ3) is 2.19. The summed E-state index contributed by atoms with van der Waals surface area (Å²) in [4.78, 5) is 6.14. The molecule has 0 atom stereocenters. The highest BCUT2D eigenvalue weighted by Crippen LogP contribution is 2.13. The number of anilines is 1. The highest BCUT2D eigenvalue weighted by atomic mass is 32.2. The first-order valence-corrected chi connectivity index (χ1v) is 5.84. The SMILES string of the molecule is O=S(=O)(Nc1ncc[nH]1)c1cccc(F)c1. The van der Waals surface area contributed by atoms with Gasteiger partial charge in [0.05, 0.1) is 4.90 Å². The lowest BCUT2D eigenvalue weighted by Gasteiger charge is -2.04. The molecule has 7 heteroatoms. The second-order valence-electron chi connectivity index (χ2n) is 3.00. The van der Waals surface area contributed by atoms with Crippen molar-refractivity contribution in [1.82, 2.24) is 9.97 Å². The average molecular weight is 241 g/mol. The number of H-pyrrole nitrogens is 1. The maximum atomic E-state index is 12.9. The van der Waals surface area contributed by atoms with E-state index < -0.39 is 15.8 Å². The summed E-state index contributed by atoms with van der Waals surface area (Å²) < 4.78 is 38.5. The zero-order valence-corrected chi connectivity index (χ0v) is 8.83. The first-order chi connectivity index (χ1) is 7.58. The minimum absolute atomic E-state index is 0.0873. The summed E-state index contributed by atoms with van der Waals surface area (Å²) >= 11 is 0. The second kappa shape index (κ2) is 3.93. The summed E-state index contributed by atoms with van der Waals surface area (Å²) in [5.74, 6) is -0.522. The van der Waals surface area contributed by atoms with Crippen LogP contribution in [0.4, 0.5) is 10.3 Å². The molecule has 0 saturated carbocycles. The van der Waals surface area contributed by atoms with E-state index in [1.54, 1.807) is 0 Å². The number of aromatic nitrogens is 2. The summed E-state index contributed by atoms with van der Waals surface area (Å²) in [6, 6.07) is 4.73. The molecule has 5 nitrogen and oxygen atoms in total. The van der Waals surface area contributed by atoms with Gasteiger partial charge in [-0.3, -0.25) is 0 Å². The van der Waals surface area contributed by atoms with Crippen LogP contribution in [-0.2, 0) is 10.0 Å². The van der Waals surface area contributed by atoms with Crippen LogP contribution in [0.3, 0.4) is 0 Å². The summed E-state index contributed by atoms with van der Waals surface area (Å²) in [6.45, 7) is 0. The van der Waals surface area contributed by atoms with Crippen molar-refractivity contribution in [3.05, 3.63) is 42.5 Å². The molecule has 16 heavy (non-hydrogen) atoms. The Balaban J connectivity index is 2.33. The van der Waals surface area contributed by atoms with Gasteiger partial charge in [0.15, 0.2) is 0 Å². The Morgan fingerprint density at radius 3 is 2.81 bits per heavy atom. The normalized spacial score (nSPS) is 11.3. The van der Waals surface area contributed by atoms with E-state index in [4.69, 9.17) is 0 Å². The van der Waals surface area contributed by atoms with Gasteiger partial charge in [-0.1, -0.05) is 6.07 Å². The van der Waals surface area contributed by atoms with Crippen LogP contribution in [0.25, 0.3) is 0 Å². The highest BCUT2D eigenvalue weighted by Gasteiger charge is 2.15. The molecule has 2 N–H and O–H groups in total. The van der Waals surface area contributed by atoms with Crippen molar-refractivity contribution in [3.8, 4) is 0 Å². The Labute approximate surface area is 91.4 Å². The van der Waals surface area contributed by atoms with Crippen LogP contribution in [0.5, 0.6) is 0 Å². The Morgan fingerprint density at radius 2 is 2.19 bits per heavy atom. The lowest BCUT2D eigenvalue weighted by molar-refractivity contribution is 0.595. The van der Waals surface area contributed by atoms with E-state index in [0.717, 1.165) is 6.07 Å². The molecule has 0 bridgehead atoms. The highest BCUT2D eigenvalue weighted by molar-refractivity contribution is 7.92. The van der Waals surface area contributed by atoms with Gasteiger partial charge in [-0.05, 0) is 18.2 Å². The molecule has 1 aromatic carbocycles. The molecule has 0 unspecified atom stereocenters. The molecule has 0 fully saturated rings. The van der Waals surface area contributed by atoms with Crippen molar-refractivity contribution >= 4 is 16.0 Å². The van der Waals surface area contributed by atoms with Gasteiger partial charge >= 0.3 is 0 Å². The van der Waals surface area contributed by atoms with Crippen molar-refractivity contribution < 1.29 is 12.8 Å². The van der Waals surface area contributed by atoms with Crippen molar-refractivity contribution in [2.75, 3.05) is 4.72 Å². The van der Waals surface area contributed by atoms with E-state index in [1.807, 2.05) is 0 Å². The topological polar surface area (TPSA) is 74.8 Å². The molecule has 0 aliphatic rings. The molecule has 0 radical (unpaired) electrons. The Bertz CT molecular complexity index is 581. The maximum absolute atomic E-state index is 12.9. The van der Waals surface area contributed by atoms with Crippen molar-refractivity contribution in [2.45, 2.75) is 4.90 Å².